The molecular weight excluding hydrogens is 683 g/mol. The average molecular weight is 780 g/mol. The summed E-state index contributed by atoms with van der Waals surface area (Å²) in [6.07, 6.45) is 42.4. The Morgan fingerprint density at radius 1 is 0.436 bits per heavy atom. The van der Waals surface area contributed by atoms with Crippen molar-refractivity contribution in [1.29, 1.82) is 0 Å². The third-order valence-electron chi connectivity index (χ3n) is 11.6. The van der Waals surface area contributed by atoms with Crippen LogP contribution in [-0.4, -0.2) is 60.9 Å². The molecule has 0 amide bonds. The lowest BCUT2D eigenvalue weighted by Crippen LogP contribution is -2.29. The Balaban J connectivity index is 4.04. The molecule has 0 spiro atoms. The van der Waals surface area contributed by atoms with Crippen LogP contribution in [0.4, 0.5) is 0 Å². The number of rotatable bonds is 45. The molecule has 0 fully saturated rings. The van der Waals surface area contributed by atoms with Gasteiger partial charge in [-0.1, -0.05) is 182 Å². The number of ether oxygens (including phenoxy) is 2. The Labute approximate surface area is 343 Å². The Kier molecular flexibility index (Phi) is 43.1. The second-order valence-corrected chi connectivity index (χ2v) is 17.0. The highest BCUT2D eigenvalue weighted by molar-refractivity contribution is 5.69. The third-order valence-corrected chi connectivity index (χ3v) is 11.6. The first-order valence-electron chi connectivity index (χ1n) is 24.7. The highest BCUT2D eigenvalue weighted by atomic mass is 16.5. The number of esters is 2. The van der Waals surface area contributed by atoms with E-state index in [0.717, 1.165) is 96.2 Å². The SMILES string of the molecule is CCCCCCCCC(CCCCCCCC)OC(=O)CCCCCCCN(CCO)CCCCCCCC(=O)OCCCC(CCCCC)CCCCC. The largest absolute Gasteiger partial charge is 0.466 e. The van der Waals surface area contributed by atoms with Gasteiger partial charge in [0.2, 0.25) is 0 Å². The smallest absolute Gasteiger partial charge is 0.306 e. The molecule has 6 heteroatoms. The molecule has 0 rings (SSSR count). The lowest BCUT2D eigenvalue weighted by molar-refractivity contribution is -0.150. The van der Waals surface area contributed by atoms with Gasteiger partial charge in [-0.15, -0.1) is 0 Å². The molecule has 0 saturated heterocycles. The van der Waals surface area contributed by atoms with Crippen LogP contribution in [-0.2, 0) is 19.1 Å². The topological polar surface area (TPSA) is 76.1 Å². The molecule has 0 bridgehead atoms. The van der Waals surface area contributed by atoms with E-state index in [4.69, 9.17) is 9.47 Å². The molecule has 0 aromatic heterocycles. The number of carbonyl (C=O) groups excluding carboxylic acids is 2. The first kappa shape index (κ1) is 53.9. The monoisotopic (exact) mass is 780 g/mol. The molecule has 0 atom stereocenters. The van der Waals surface area contributed by atoms with Crippen LogP contribution < -0.4 is 0 Å². The molecular formula is C49H97NO5. The van der Waals surface area contributed by atoms with Crippen LogP contribution >= 0.6 is 0 Å². The lowest BCUT2D eigenvalue weighted by Gasteiger charge is -2.21. The molecule has 0 saturated carbocycles. The predicted octanol–water partition coefficient (Wildman–Crippen LogP) is 14.5. The van der Waals surface area contributed by atoms with Crippen molar-refractivity contribution in [3.8, 4) is 0 Å². The molecule has 6 nitrogen and oxygen atoms in total. The first-order valence-corrected chi connectivity index (χ1v) is 24.7. The van der Waals surface area contributed by atoms with Gasteiger partial charge in [-0.05, 0) is 83.2 Å². The molecule has 0 unspecified atom stereocenters. The molecule has 0 radical (unpaired) electrons. The Morgan fingerprint density at radius 3 is 1.31 bits per heavy atom. The number of nitrogens with zero attached hydrogens (tertiary/aromatic N) is 1. The minimum Gasteiger partial charge on any atom is -0.466 e. The van der Waals surface area contributed by atoms with Gasteiger partial charge in [0.1, 0.15) is 6.10 Å². The Hall–Kier alpha value is -1.14. The number of unbranched alkanes of at least 4 members (excludes halogenated alkanes) is 22. The van der Waals surface area contributed by atoms with Crippen molar-refractivity contribution in [2.45, 2.75) is 265 Å². The summed E-state index contributed by atoms with van der Waals surface area (Å²) in [6, 6.07) is 0. The second-order valence-electron chi connectivity index (χ2n) is 17.0. The standard InChI is InChI=1S/C49H97NO5/c1-5-9-13-15-19-27-37-47(38-28-20-16-14-10-6-2)55-49(53)40-30-22-18-24-32-42-50(43-44-51)41-31-23-17-21-29-39-48(52)54-45-33-36-46(34-25-11-7-3)35-26-12-8-4/h46-47,51H,5-45H2,1-4H3. The van der Waals surface area contributed by atoms with Crippen LogP contribution in [0.3, 0.4) is 0 Å². The van der Waals surface area contributed by atoms with E-state index in [1.165, 1.54) is 148 Å². The van der Waals surface area contributed by atoms with Crippen molar-refractivity contribution in [2.24, 2.45) is 5.92 Å². The van der Waals surface area contributed by atoms with Crippen LogP contribution in [0.15, 0.2) is 0 Å². The maximum absolute atomic E-state index is 12.7. The number of aliphatic hydroxyl groups is 1. The Bertz CT molecular complexity index is 765. The highest BCUT2D eigenvalue weighted by Crippen LogP contribution is 2.23. The van der Waals surface area contributed by atoms with Crippen molar-refractivity contribution in [3.63, 3.8) is 0 Å². The minimum absolute atomic E-state index is 0.0147. The second kappa shape index (κ2) is 44.0. The zero-order valence-electron chi connectivity index (χ0n) is 37.7. The van der Waals surface area contributed by atoms with Gasteiger partial charge >= 0.3 is 11.9 Å². The van der Waals surface area contributed by atoms with E-state index >= 15 is 0 Å². The summed E-state index contributed by atoms with van der Waals surface area (Å²) < 4.78 is 11.6. The van der Waals surface area contributed by atoms with E-state index in [9.17, 15) is 14.7 Å². The predicted molar refractivity (Wildman–Crippen MR) is 237 cm³/mol. The van der Waals surface area contributed by atoms with E-state index in [1.54, 1.807) is 0 Å². The molecule has 0 aromatic rings. The van der Waals surface area contributed by atoms with E-state index < -0.39 is 0 Å². The van der Waals surface area contributed by atoms with Crippen molar-refractivity contribution >= 4 is 11.9 Å². The molecule has 0 aliphatic heterocycles. The zero-order chi connectivity index (χ0) is 40.3. The third kappa shape index (κ3) is 39.5. The van der Waals surface area contributed by atoms with Gasteiger partial charge in [-0.2, -0.15) is 0 Å². The van der Waals surface area contributed by atoms with Gasteiger partial charge in [0.15, 0.2) is 0 Å². The maximum Gasteiger partial charge on any atom is 0.306 e. The summed E-state index contributed by atoms with van der Waals surface area (Å²) in [6.45, 7) is 12.7. The lowest BCUT2D eigenvalue weighted by atomic mass is 9.91. The number of hydrogen-bond donors (Lipinski definition) is 1. The fourth-order valence-corrected chi connectivity index (χ4v) is 7.99. The fourth-order valence-electron chi connectivity index (χ4n) is 7.99. The van der Waals surface area contributed by atoms with Crippen LogP contribution in [0.25, 0.3) is 0 Å². The van der Waals surface area contributed by atoms with E-state index in [-0.39, 0.29) is 24.6 Å². The van der Waals surface area contributed by atoms with E-state index in [2.05, 4.69) is 32.6 Å². The van der Waals surface area contributed by atoms with Gasteiger partial charge in [0, 0.05) is 19.4 Å². The zero-order valence-corrected chi connectivity index (χ0v) is 37.7. The molecule has 328 valence electrons. The summed E-state index contributed by atoms with van der Waals surface area (Å²) >= 11 is 0. The average Bonchev–Trinajstić information content (AvgIpc) is 3.18. The molecule has 0 aliphatic rings. The molecule has 1 N–H and O–H groups in total. The number of hydrogen-bond acceptors (Lipinski definition) is 6. The Morgan fingerprint density at radius 2 is 0.818 bits per heavy atom. The fraction of sp³-hybridized carbons (Fsp3) is 0.959. The normalized spacial score (nSPS) is 11.7. The van der Waals surface area contributed by atoms with Gasteiger partial charge in [0.25, 0.3) is 0 Å². The minimum atomic E-state index is -0.0196. The number of aliphatic hydroxyl groups excluding tert-OH is 1. The summed E-state index contributed by atoms with van der Waals surface area (Å²) in [5, 5.41) is 9.59. The maximum atomic E-state index is 12.7. The van der Waals surface area contributed by atoms with Crippen molar-refractivity contribution < 1.29 is 24.2 Å². The van der Waals surface area contributed by atoms with Crippen LogP contribution in [0, 0.1) is 5.92 Å². The van der Waals surface area contributed by atoms with E-state index in [0.29, 0.717) is 19.4 Å². The van der Waals surface area contributed by atoms with Gasteiger partial charge in [0.05, 0.1) is 13.2 Å². The van der Waals surface area contributed by atoms with Gasteiger partial charge in [-0.25, -0.2) is 0 Å². The van der Waals surface area contributed by atoms with Gasteiger partial charge in [-0.3, -0.25) is 9.59 Å². The van der Waals surface area contributed by atoms with Crippen molar-refractivity contribution in [3.05, 3.63) is 0 Å². The number of carbonyl (C=O) groups is 2. The summed E-state index contributed by atoms with van der Waals surface area (Å²) in [7, 11) is 0. The van der Waals surface area contributed by atoms with Crippen LogP contribution in [0.5, 0.6) is 0 Å². The first-order chi connectivity index (χ1) is 27.0. The van der Waals surface area contributed by atoms with Crippen LogP contribution in [0.1, 0.15) is 259 Å². The summed E-state index contributed by atoms with van der Waals surface area (Å²) in [4.78, 5) is 27.4. The van der Waals surface area contributed by atoms with Crippen LogP contribution in [0.2, 0.25) is 0 Å². The van der Waals surface area contributed by atoms with E-state index in [1.807, 2.05) is 0 Å². The van der Waals surface area contributed by atoms with Gasteiger partial charge < -0.3 is 19.5 Å². The summed E-state index contributed by atoms with van der Waals surface area (Å²) in [5.74, 6) is 0.797. The van der Waals surface area contributed by atoms with Crippen molar-refractivity contribution in [2.75, 3.05) is 32.8 Å². The molecule has 55 heavy (non-hydrogen) atoms. The molecule has 0 aliphatic carbocycles. The quantitative estimate of drug-likeness (QED) is 0.0490. The summed E-state index contributed by atoms with van der Waals surface area (Å²) in [5.41, 5.74) is 0. The van der Waals surface area contributed by atoms with Crippen molar-refractivity contribution in [1.82, 2.24) is 4.90 Å². The molecule has 0 aromatic carbocycles. The molecule has 0 heterocycles. The highest BCUT2D eigenvalue weighted by Gasteiger charge is 2.15.